The van der Waals surface area contributed by atoms with E-state index in [0.29, 0.717) is 10.2 Å². The molecule has 0 saturated carbocycles. The van der Waals surface area contributed by atoms with Crippen molar-refractivity contribution in [3.63, 3.8) is 0 Å². The smallest absolute Gasteiger partial charge is 0.307 e. The summed E-state index contributed by atoms with van der Waals surface area (Å²) in [5.41, 5.74) is 3.54. The molecule has 2 N–H and O–H groups in total. The van der Waals surface area contributed by atoms with Gasteiger partial charge in [-0.15, -0.1) is 11.3 Å². The lowest BCUT2D eigenvalue weighted by atomic mass is 10.2. The van der Waals surface area contributed by atoms with Crippen LogP contribution in [0.5, 0.6) is 0 Å². The molecule has 0 saturated heterocycles. The van der Waals surface area contributed by atoms with E-state index in [4.69, 9.17) is 11.6 Å². The summed E-state index contributed by atoms with van der Waals surface area (Å²) in [5, 5.41) is 8.68. The summed E-state index contributed by atoms with van der Waals surface area (Å²) in [5.74, 6) is 0. The van der Waals surface area contributed by atoms with E-state index in [0.717, 1.165) is 22.5 Å². The molecule has 6 heteroatoms. The molecular weight excluding hydrogens is 330 g/mol. The van der Waals surface area contributed by atoms with Gasteiger partial charge in [-0.2, -0.15) is 0 Å². The second-order valence-corrected chi connectivity index (χ2v) is 6.23. The van der Waals surface area contributed by atoms with Gasteiger partial charge in [0.1, 0.15) is 0 Å². The van der Waals surface area contributed by atoms with Crippen molar-refractivity contribution in [1.82, 2.24) is 4.98 Å². The molecule has 0 bridgehead atoms. The van der Waals surface area contributed by atoms with Gasteiger partial charge in [0.25, 0.3) is 0 Å². The molecule has 0 aliphatic heterocycles. The second kappa shape index (κ2) is 6.81. The Morgan fingerprint density at radius 3 is 2.57 bits per heavy atom. The molecule has 3 aromatic rings. The number of carbonyl (C=O) groups is 1. The van der Waals surface area contributed by atoms with Crippen LogP contribution in [0.25, 0.3) is 11.3 Å². The summed E-state index contributed by atoms with van der Waals surface area (Å²) in [6, 6.07) is 14.7. The van der Waals surface area contributed by atoms with Crippen LogP contribution in [0, 0.1) is 6.92 Å². The number of halogens is 1. The van der Waals surface area contributed by atoms with Crippen molar-refractivity contribution in [1.29, 1.82) is 0 Å². The number of nitrogens with one attached hydrogen (secondary N) is 2. The first-order valence-electron chi connectivity index (χ1n) is 6.97. The zero-order valence-electron chi connectivity index (χ0n) is 12.3. The summed E-state index contributed by atoms with van der Waals surface area (Å²) < 4.78 is 0. The number of benzene rings is 2. The van der Waals surface area contributed by atoms with E-state index in [9.17, 15) is 4.79 Å². The fraction of sp³-hybridized carbons (Fsp3) is 0.0588. The quantitative estimate of drug-likeness (QED) is 0.667. The molecule has 23 heavy (non-hydrogen) atoms. The zero-order valence-corrected chi connectivity index (χ0v) is 13.9. The van der Waals surface area contributed by atoms with E-state index < -0.39 is 0 Å². The average molecular weight is 344 g/mol. The minimum absolute atomic E-state index is 0.309. The third kappa shape index (κ3) is 3.88. The molecule has 4 nitrogen and oxygen atoms in total. The number of rotatable bonds is 3. The fourth-order valence-corrected chi connectivity index (χ4v) is 2.89. The third-order valence-corrected chi connectivity index (χ3v) is 4.27. The van der Waals surface area contributed by atoms with Crippen molar-refractivity contribution < 1.29 is 4.79 Å². The van der Waals surface area contributed by atoms with E-state index in [-0.39, 0.29) is 6.03 Å². The van der Waals surface area contributed by atoms with Gasteiger partial charge in [0.05, 0.1) is 5.69 Å². The van der Waals surface area contributed by atoms with Gasteiger partial charge < -0.3 is 5.32 Å². The molecule has 0 atom stereocenters. The molecule has 0 fully saturated rings. The SMILES string of the molecule is Cc1ccccc1NC(=O)Nc1nc(-c2ccc(Cl)cc2)cs1. The van der Waals surface area contributed by atoms with Crippen molar-refractivity contribution in [3.8, 4) is 11.3 Å². The number of carbonyl (C=O) groups excluding carboxylic acids is 1. The number of aromatic nitrogens is 1. The predicted molar refractivity (Wildman–Crippen MR) is 96.4 cm³/mol. The van der Waals surface area contributed by atoms with Gasteiger partial charge in [-0.1, -0.05) is 41.9 Å². The highest BCUT2D eigenvalue weighted by atomic mass is 35.5. The minimum Gasteiger partial charge on any atom is -0.307 e. The van der Waals surface area contributed by atoms with Gasteiger partial charge in [-0.25, -0.2) is 9.78 Å². The van der Waals surface area contributed by atoms with Crippen LogP contribution in [0.2, 0.25) is 5.02 Å². The van der Waals surface area contributed by atoms with Crippen LogP contribution in [0.3, 0.4) is 0 Å². The Morgan fingerprint density at radius 1 is 1.09 bits per heavy atom. The second-order valence-electron chi connectivity index (χ2n) is 4.94. The van der Waals surface area contributed by atoms with Crippen molar-refractivity contribution in [2.45, 2.75) is 6.92 Å². The Hall–Kier alpha value is -2.37. The maximum absolute atomic E-state index is 12.1. The van der Waals surface area contributed by atoms with Crippen LogP contribution in [0.1, 0.15) is 5.56 Å². The van der Waals surface area contributed by atoms with Crippen LogP contribution in [-0.4, -0.2) is 11.0 Å². The number of aryl methyl sites for hydroxylation is 1. The number of hydrogen-bond donors (Lipinski definition) is 2. The van der Waals surface area contributed by atoms with Gasteiger partial charge >= 0.3 is 6.03 Å². The summed E-state index contributed by atoms with van der Waals surface area (Å²) in [4.78, 5) is 16.5. The number of para-hydroxylation sites is 1. The normalized spacial score (nSPS) is 10.3. The molecule has 2 amide bonds. The van der Waals surface area contributed by atoms with E-state index in [1.165, 1.54) is 11.3 Å². The van der Waals surface area contributed by atoms with Gasteiger partial charge in [0.15, 0.2) is 5.13 Å². The summed E-state index contributed by atoms with van der Waals surface area (Å²) in [6.45, 7) is 1.94. The van der Waals surface area contributed by atoms with Crippen molar-refractivity contribution >= 4 is 39.8 Å². The Labute approximate surface area is 143 Å². The van der Waals surface area contributed by atoms with Crippen LogP contribution in [-0.2, 0) is 0 Å². The Bertz CT molecular complexity index is 830. The van der Waals surface area contributed by atoms with E-state index in [1.54, 1.807) is 0 Å². The predicted octanol–water partition coefficient (Wildman–Crippen LogP) is 5.42. The highest BCUT2D eigenvalue weighted by Crippen LogP contribution is 2.26. The number of nitrogens with zero attached hydrogens (tertiary/aromatic N) is 1. The molecule has 1 aromatic heterocycles. The van der Waals surface area contributed by atoms with E-state index >= 15 is 0 Å². The molecule has 2 aromatic carbocycles. The molecule has 0 aliphatic carbocycles. The standard InChI is InChI=1S/C17H14ClN3OS/c1-11-4-2-3-5-14(11)19-16(22)21-17-20-15(10-23-17)12-6-8-13(18)9-7-12/h2-10H,1H3,(H2,19,20,21,22). The number of urea groups is 1. The topological polar surface area (TPSA) is 54.0 Å². The van der Waals surface area contributed by atoms with Crippen molar-refractivity contribution in [2.24, 2.45) is 0 Å². The van der Waals surface area contributed by atoms with Crippen LogP contribution < -0.4 is 10.6 Å². The lowest BCUT2D eigenvalue weighted by molar-refractivity contribution is 0.262. The number of amides is 2. The first kappa shape index (κ1) is 15.5. The summed E-state index contributed by atoms with van der Waals surface area (Å²) in [6.07, 6.45) is 0. The molecule has 1 heterocycles. The lowest BCUT2D eigenvalue weighted by Gasteiger charge is -2.07. The van der Waals surface area contributed by atoms with Crippen molar-refractivity contribution in [2.75, 3.05) is 10.6 Å². The Kier molecular flexibility index (Phi) is 4.60. The van der Waals surface area contributed by atoms with Gasteiger partial charge in [0, 0.05) is 21.7 Å². The summed E-state index contributed by atoms with van der Waals surface area (Å²) >= 11 is 7.26. The van der Waals surface area contributed by atoms with E-state index in [2.05, 4.69) is 15.6 Å². The summed E-state index contributed by atoms with van der Waals surface area (Å²) in [7, 11) is 0. The lowest BCUT2D eigenvalue weighted by Crippen LogP contribution is -2.19. The maximum Gasteiger partial charge on any atom is 0.325 e. The largest absolute Gasteiger partial charge is 0.325 e. The Morgan fingerprint density at radius 2 is 1.83 bits per heavy atom. The van der Waals surface area contributed by atoms with Crippen molar-refractivity contribution in [3.05, 3.63) is 64.5 Å². The monoisotopic (exact) mass is 343 g/mol. The zero-order chi connectivity index (χ0) is 16.2. The highest BCUT2D eigenvalue weighted by Gasteiger charge is 2.09. The van der Waals surface area contributed by atoms with E-state index in [1.807, 2.05) is 60.8 Å². The molecule has 116 valence electrons. The van der Waals surface area contributed by atoms with Gasteiger partial charge in [-0.05, 0) is 30.7 Å². The first-order chi connectivity index (χ1) is 11.1. The van der Waals surface area contributed by atoms with Gasteiger partial charge in [0.2, 0.25) is 0 Å². The third-order valence-electron chi connectivity index (χ3n) is 3.26. The first-order valence-corrected chi connectivity index (χ1v) is 8.23. The molecule has 0 radical (unpaired) electrons. The molecule has 0 aliphatic rings. The number of anilines is 2. The Balaban J connectivity index is 1.68. The van der Waals surface area contributed by atoms with Gasteiger partial charge in [-0.3, -0.25) is 5.32 Å². The fourth-order valence-electron chi connectivity index (χ4n) is 2.05. The highest BCUT2D eigenvalue weighted by molar-refractivity contribution is 7.14. The average Bonchev–Trinajstić information content (AvgIpc) is 2.98. The minimum atomic E-state index is -0.309. The molecule has 0 spiro atoms. The van der Waals surface area contributed by atoms with Crippen LogP contribution >= 0.6 is 22.9 Å². The van der Waals surface area contributed by atoms with Crippen LogP contribution in [0.4, 0.5) is 15.6 Å². The number of thiazole rings is 1. The molecular formula is C17H14ClN3OS. The molecule has 0 unspecified atom stereocenters. The number of hydrogen-bond acceptors (Lipinski definition) is 3. The maximum atomic E-state index is 12.1. The van der Waals surface area contributed by atoms with Crippen LogP contribution in [0.15, 0.2) is 53.9 Å². The molecule has 3 rings (SSSR count).